The van der Waals surface area contributed by atoms with Crippen LogP contribution in [0.5, 0.6) is 0 Å². The quantitative estimate of drug-likeness (QED) is 0.926. The van der Waals surface area contributed by atoms with Crippen molar-refractivity contribution in [2.45, 2.75) is 24.7 Å². The molecule has 0 spiro atoms. The molecule has 0 radical (unpaired) electrons. The zero-order chi connectivity index (χ0) is 14.4. The van der Waals surface area contributed by atoms with Gasteiger partial charge in [-0.3, -0.25) is 4.21 Å². The highest BCUT2D eigenvalue weighted by molar-refractivity contribution is 7.85. The second kappa shape index (κ2) is 7.43. The summed E-state index contributed by atoms with van der Waals surface area (Å²) in [5, 5.41) is 2.87. The lowest BCUT2D eigenvalue weighted by Crippen LogP contribution is -2.45. The Labute approximate surface area is 123 Å². The number of nitrogens with zero attached hydrogens (tertiary/aromatic N) is 1. The van der Waals surface area contributed by atoms with E-state index in [9.17, 15) is 9.00 Å². The number of piperidine rings is 1. The normalized spacial score (nSPS) is 20.4. The Kier molecular flexibility index (Phi) is 5.59. The van der Waals surface area contributed by atoms with E-state index < -0.39 is 10.8 Å². The van der Waals surface area contributed by atoms with Crippen molar-refractivity contribution in [3.8, 4) is 0 Å². The molecule has 0 saturated carbocycles. The van der Waals surface area contributed by atoms with E-state index in [1.165, 1.54) is 6.42 Å². The molecule has 20 heavy (non-hydrogen) atoms. The van der Waals surface area contributed by atoms with Crippen LogP contribution in [-0.2, 0) is 10.8 Å². The number of likely N-dealkylation sites (tertiary alicyclic amines) is 1. The summed E-state index contributed by atoms with van der Waals surface area (Å²) in [4.78, 5) is 14.7. The van der Waals surface area contributed by atoms with Crippen molar-refractivity contribution >= 4 is 16.8 Å². The van der Waals surface area contributed by atoms with Gasteiger partial charge in [0.15, 0.2) is 0 Å². The Morgan fingerprint density at radius 2 is 2.15 bits per heavy atom. The average Bonchev–Trinajstić information content (AvgIpc) is 2.48. The van der Waals surface area contributed by atoms with E-state index in [1.807, 2.05) is 35.2 Å². The van der Waals surface area contributed by atoms with Gasteiger partial charge in [0.2, 0.25) is 0 Å². The fourth-order valence-corrected chi connectivity index (χ4v) is 3.41. The van der Waals surface area contributed by atoms with Gasteiger partial charge in [-0.25, -0.2) is 4.79 Å². The van der Waals surface area contributed by atoms with Crippen LogP contribution < -0.4 is 5.32 Å². The van der Waals surface area contributed by atoms with Crippen LogP contribution in [0.3, 0.4) is 0 Å². The van der Waals surface area contributed by atoms with Crippen LogP contribution in [0.4, 0.5) is 4.79 Å². The van der Waals surface area contributed by atoms with Crippen LogP contribution >= 0.6 is 0 Å². The van der Waals surface area contributed by atoms with E-state index in [0.29, 0.717) is 18.2 Å². The predicted molar refractivity (Wildman–Crippen MR) is 81.1 cm³/mol. The maximum Gasteiger partial charge on any atom is 0.317 e. The SMILES string of the molecule is C[C@H]1CCCN(C(=O)NCC[S@@](=O)c2ccccc2)C1. The van der Waals surface area contributed by atoms with E-state index >= 15 is 0 Å². The van der Waals surface area contributed by atoms with Crippen molar-refractivity contribution in [1.82, 2.24) is 10.2 Å². The van der Waals surface area contributed by atoms with Gasteiger partial charge in [0.05, 0.1) is 10.8 Å². The minimum absolute atomic E-state index is 0.0263. The van der Waals surface area contributed by atoms with Crippen LogP contribution in [-0.4, -0.2) is 40.5 Å². The van der Waals surface area contributed by atoms with E-state index in [2.05, 4.69) is 12.2 Å². The number of hydrogen-bond donors (Lipinski definition) is 1. The summed E-state index contributed by atoms with van der Waals surface area (Å²) in [6.07, 6.45) is 2.27. The van der Waals surface area contributed by atoms with Gasteiger partial charge in [-0.2, -0.15) is 0 Å². The lowest BCUT2D eigenvalue weighted by molar-refractivity contribution is 0.170. The molecule has 1 aliphatic heterocycles. The standard InChI is InChI=1S/C15H22N2O2S/c1-13-6-5-10-17(12-13)15(18)16-9-11-20(19)14-7-3-2-4-8-14/h2-4,7-8,13H,5-6,9-12H2,1H3,(H,16,18)/t13-,20+/m0/s1. The summed E-state index contributed by atoms with van der Waals surface area (Å²) in [5.41, 5.74) is 0. The summed E-state index contributed by atoms with van der Waals surface area (Å²) in [7, 11) is -1.04. The molecule has 1 saturated heterocycles. The van der Waals surface area contributed by atoms with Crippen molar-refractivity contribution in [2.24, 2.45) is 5.92 Å². The van der Waals surface area contributed by atoms with Gasteiger partial charge >= 0.3 is 6.03 Å². The van der Waals surface area contributed by atoms with Crippen LogP contribution in [0.1, 0.15) is 19.8 Å². The van der Waals surface area contributed by atoms with Crippen LogP contribution in [0.15, 0.2) is 35.2 Å². The molecule has 110 valence electrons. The molecule has 2 rings (SSSR count). The molecule has 1 aliphatic rings. The van der Waals surface area contributed by atoms with E-state index in [1.54, 1.807) is 0 Å². The van der Waals surface area contributed by atoms with Crippen LogP contribution in [0.2, 0.25) is 0 Å². The molecule has 5 heteroatoms. The minimum Gasteiger partial charge on any atom is -0.337 e. The Bertz CT molecular complexity index is 464. The number of rotatable bonds is 4. The molecule has 2 atom stereocenters. The highest BCUT2D eigenvalue weighted by Gasteiger charge is 2.20. The number of nitrogens with one attached hydrogen (secondary N) is 1. The van der Waals surface area contributed by atoms with E-state index in [4.69, 9.17) is 0 Å². The zero-order valence-electron chi connectivity index (χ0n) is 11.9. The molecular formula is C15H22N2O2S. The average molecular weight is 294 g/mol. The molecule has 1 heterocycles. The van der Waals surface area contributed by atoms with E-state index in [0.717, 1.165) is 24.4 Å². The fourth-order valence-electron chi connectivity index (χ4n) is 2.43. The summed E-state index contributed by atoms with van der Waals surface area (Å²) >= 11 is 0. The second-order valence-corrected chi connectivity index (χ2v) is 6.86. The van der Waals surface area contributed by atoms with Gasteiger partial charge in [0.25, 0.3) is 0 Å². The maximum absolute atomic E-state index is 12.0. The minimum atomic E-state index is -1.04. The number of hydrogen-bond acceptors (Lipinski definition) is 2. The van der Waals surface area contributed by atoms with Crippen molar-refractivity contribution in [1.29, 1.82) is 0 Å². The largest absolute Gasteiger partial charge is 0.337 e. The summed E-state index contributed by atoms with van der Waals surface area (Å²) in [5.74, 6) is 1.03. The summed E-state index contributed by atoms with van der Waals surface area (Å²) < 4.78 is 12.0. The Morgan fingerprint density at radius 3 is 2.85 bits per heavy atom. The Balaban J connectivity index is 1.73. The lowest BCUT2D eigenvalue weighted by Gasteiger charge is -2.30. The molecule has 1 aromatic rings. The first-order valence-electron chi connectivity index (χ1n) is 7.13. The summed E-state index contributed by atoms with van der Waals surface area (Å²) in [6.45, 7) is 4.28. The first-order chi connectivity index (χ1) is 9.66. The van der Waals surface area contributed by atoms with E-state index in [-0.39, 0.29) is 6.03 Å². The highest BCUT2D eigenvalue weighted by atomic mass is 32.2. The van der Waals surface area contributed by atoms with Crippen LogP contribution in [0, 0.1) is 5.92 Å². The third kappa shape index (κ3) is 4.34. The molecule has 2 amide bonds. The molecular weight excluding hydrogens is 272 g/mol. The van der Waals surface area contributed by atoms with Crippen molar-refractivity contribution in [2.75, 3.05) is 25.4 Å². The number of carbonyl (C=O) groups excluding carboxylic acids is 1. The number of urea groups is 1. The van der Waals surface area contributed by atoms with Crippen molar-refractivity contribution < 1.29 is 9.00 Å². The molecule has 1 aromatic carbocycles. The Morgan fingerprint density at radius 1 is 1.40 bits per heavy atom. The molecule has 0 aromatic heterocycles. The van der Waals surface area contributed by atoms with Crippen LogP contribution in [0.25, 0.3) is 0 Å². The van der Waals surface area contributed by atoms with Crippen molar-refractivity contribution in [3.63, 3.8) is 0 Å². The molecule has 4 nitrogen and oxygen atoms in total. The predicted octanol–water partition coefficient (Wildman–Crippen LogP) is 2.24. The highest BCUT2D eigenvalue weighted by Crippen LogP contribution is 2.15. The first kappa shape index (κ1) is 15.0. The number of amides is 2. The number of benzene rings is 1. The second-order valence-electron chi connectivity index (χ2n) is 5.29. The third-order valence-corrected chi connectivity index (χ3v) is 4.89. The fraction of sp³-hybridized carbons (Fsp3) is 0.533. The van der Waals surface area contributed by atoms with Gasteiger partial charge in [-0.1, -0.05) is 25.1 Å². The molecule has 1 fully saturated rings. The van der Waals surface area contributed by atoms with Gasteiger partial charge in [-0.15, -0.1) is 0 Å². The van der Waals surface area contributed by atoms with Gasteiger partial charge < -0.3 is 10.2 Å². The van der Waals surface area contributed by atoms with Gasteiger partial charge in [0.1, 0.15) is 0 Å². The smallest absolute Gasteiger partial charge is 0.317 e. The zero-order valence-corrected chi connectivity index (χ0v) is 12.7. The third-order valence-electron chi connectivity index (χ3n) is 3.51. The van der Waals surface area contributed by atoms with Gasteiger partial charge in [-0.05, 0) is 30.9 Å². The molecule has 0 bridgehead atoms. The maximum atomic E-state index is 12.0. The lowest BCUT2D eigenvalue weighted by atomic mass is 10.0. The summed E-state index contributed by atoms with van der Waals surface area (Å²) in [6, 6.07) is 9.33. The van der Waals surface area contributed by atoms with Gasteiger partial charge in [0, 0.05) is 30.3 Å². The molecule has 1 N–H and O–H groups in total. The monoisotopic (exact) mass is 294 g/mol. The van der Waals surface area contributed by atoms with Crippen molar-refractivity contribution in [3.05, 3.63) is 30.3 Å². The molecule has 0 unspecified atom stereocenters. The topological polar surface area (TPSA) is 49.4 Å². The first-order valence-corrected chi connectivity index (χ1v) is 8.45. The number of carbonyl (C=O) groups is 1. The Hall–Kier alpha value is -1.36. The molecule has 0 aliphatic carbocycles.